The highest BCUT2D eigenvalue weighted by atomic mass is 19.1. The smallest absolute Gasteiger partial charge is 0.128 e. The van der Waals surface area contributed by atoms with E-state index in [4.69, 9.17) is 0 Å². The third-order valence-corrected chi connectivity index (χ3v) is 4.16. The number of hydrogen-bond donors (Lipinski definition) is 1. The second-order valence-electron chi connectivity index (χ2n) is 5.72. The highest BCUT2D eigenvalue weighted by Crippen LogP contribution is 2.25. The molecule has 1 aliphatic heterocycles. The van der Waals surface area contributed by atoms with Gasteiger partial charge in [-0.05, 0) is 46.2 Å². The number of rotatable bonds is 4. The Morgan fingerprint density at radius 2 is 2.05 bits per heavy atom. The van der Waals surface area contributed by atoms with E-state index < -0.39 is 0 Å². The van der Waals surface area contributed by atoms with Gasteiger partial charge in [-0.1, -0.05) is 25.1 Å². The third-order valence-electron chi connectivity index (χ3n) is 4.16. The van der Waals surface area contributed by atoms with Gasteiger partial charge in [0.15, 0.2) is 0 Å². The molecule has 3 nitrogen and oxygen atoms in total. The van der Waals surface area contributed by atoms with Crippen molar-refractivity contribution in [2.45, 2.75) is 25.4 Å². The Bertz CT molecular complexity index is 424. The quantitative estimate of drug-likeness (QED) is 0.911. The summed E-state index contributed by atoms with van der Waals surface area (Å²) in [5.41, 5.74) is 0.779. The van der Waals surface area contributed by atoms with E-state index in [0.29, 0.717) is 6.04 Å². The lowest BCUT2D eigenvalue weighted by molar-refractivity contribution is 0.177. The van der Waals surface area contributed by atoms with Crippen LogP contribution in [0.4, 0.5) is 4.39 Å². The SMILES string of the molecule is CCNC(c1ccccc1F)C1CN(C)CCCN1C. The number of halogens is 1. The number of nitrogens with zero attached hydrogens (tertiary/aromatic N) is 2. The summed E-state index contributed by atoms with van der Waals surface area (Å²) < 4.78 is 14.2. The molecule has 1 heterocycles. The van der Waals surface area contributed by atoms with E-state index in [-0.39, 0.29) is 11.9 Å². The molecule has 2 unspecified atom stereocenters. The second-order valence-corrected chi connectivity index (χ2v) is 5.72. The number of likely N-dealkylation sites (N-methyl/N-ethyl adjacent to an activating group) is 3. The minimum absolute atomic E-state index is 0.0340. The molecule has 0 saturated carbocycles. The van der Waals surface area contributed by atoms with Crippen LogP contribution in [-0.2, 0) is 0 Å². The van der Waals surface area contributed by atoms with Gasteiger partial charge < -0.3 is 15.1 Å². The molecule has 1 N–H and O–H groups in total. The number of hydrogen-bond acceptors (Lipinski definition) is 3. The van der Waals surface area contributed by atoms with Gasteiger partial charge in [0.2, 0.25) is 0 Å². The molecule has 0 amide bonds. The largest absolute Gasteiger partial charge is 0.309 e. The normalized spacial score (nSPS) is 23.5. The Hall–Kier alpha value is -0.970. The van der Waals surface area contributed by atoms with Crippen LogP contribution in [0.2, 0.25) is 0 Å². The first-order valence-electron chi connectivity index (χ1n) is 7.50. The van der Waals surface area contributed by atoms with Gasteiger partial charge in [-0.2, -0.15) is 0 Å². The van der Waals surface area contributed by atoms with Crippen LogP contribution in [0, 0.1) is 5.82 Å². The topological polar surface area (TPSA) is 18.5 Å². The van der Waals surface area contributed by atoms with Gasteiger partial charge in [0, 0.05) is 18.2 Å². The van der Waals surface area contributed by atoms with Gasteiger partial charge in [0.25, 0.3) is 0 Å². The van der Waals surface area contributed by atoms with Crippen molar-refractivity contribution in [3.05, 3.63) is 35.6 Å². The molecule has 112 valence electrons. The molecule has 4 heteroatoms. The number of nitrogens with one attached hydrogen (secondary N) is 1. The third kappa shape index (κ3) is 3.57. The van der Waals surface area contributed by atoms with Gasteiger partial charge in [-0.25, -0.2) is 4.39 Å². The summed E-state index contributed by atoms with van der Waals surface area (Å²) in [5.74, 6) is -0.112. The van der Waals surface area contributed by atoms with Crippen molar-refractivity contribution in [3.8, 4) is 0 Å². The van der Waals surface area contributed by atoms with Crippen LogP contribution < -0.4 is 5.32 Å². The lowest BCUT2D eigenvalue weighted by Crippen LogP contribution is -2.47. The van der Waals surface area contributed by atoms with E-state index in [1.807, 2.05) is 12.1 Å². The molecular formula is C16H26FN3. The molecule has 1 aliphatic rings. The first-order valence-corrected chi connectivity index (χ1v) is 7.50. The molecule has 20 heavy (non-hydrogen) atoms. The fourth-order valence-electron chi connectivity index (χ4n) is 3.07. The molecule has 2 atom stereocenters. The van der Waals surface area contributed by atoms with Crippen LogP contribution in [0.1, 0.15) is 24.9 Å². The maximum atomic E-state index is 14.2. The van der Waals surface area contributed by atoms with Gasteiger partial charge in [-0.3, -0.25) is 0 Å². The van der Waals surface area contributed by atoms with Gasteiger partial charge in [0.05, 0.1) is 6.04 Å². The zero-order chi connectivity index (χ0) is 14.5. The fourth-order valence-corrected chi connectivity index (χ4v) is 3.07. The summed E-state index contributed by atoms with van der Waals surface area (Å²) in [4.78, 5) is 4.71. The zero-order valence-corrected chi connectivity index (χ0v) is 12.8. The predicted molar refractivity (Wildman–Crippen MR) is 81.3 cm³/mol. The Kier molecular flexibility index (Phi) is 5.52. The first-order chi connectivity index (χ1) is 9.63. The maximum Gasteiger partial charge on any atom is 0.128 e. The molecule has 1 aromatic rings. The molecule has 1 aromatic carbocycles. The van der Waals surface area contributed by atoms with E-state index in [1.54, 1.807) is 12.1 Å². The maximum absolute atomic E-state index is 14.2. The minimum Gasteiger partial charge on any atom is -0.309 e. The Morgan fingerprint density at radius 3 is 2.75 bits per heavy atom. The lowest BCUT2D eigenvalue weighted by atomic mass is 9.97. The van der Waals surface area contributed by atoms with Crippen molar-refractivity contribution < 1.29 is 4.39 Å². The van der Waals surface area contributed by atoms with Crippen molar-refractivity contribution >= 4 is 0 Å². The van der Waals surface area contributed by atoms with Gasteiger partial charge in [-0.15, -0.1) is 0 Å². The van der Waals surface area contributed by atoms with Crippen molar-refractivity contribution in [2.75, 3.05) is 40.3 Å². The second kappa shape index (κ2) is 7.16. The zero-order valence-electron chi connectivity index (χ0n) is 12.8. The van der Waals surface area contributed by atoms with Crippen LogP contribution in [0.15, 0.2) is 24.3 Å². The average Bonchev–Trinajstić information content (AvgIpc) is 2.59. The summed E-state index contributed by atoms with van der Waals surface area (Å²) in [6.45, 7) is 6.05. The van der Waals surface area contributed by atoms with Gasteiger partial charge in [0.1, 0.15) is 5.82 Å². The standard InChI is InChI=1S/C16H26FN3/c1-4-18-16(13-8-5-6-9-14(13)17)15-12-19(2)10-7-11-20(15)3/h5-6,8-9,15-16,18H,4,7,10-12H2,1-3H3. The Labute approximate surface area is 121 Å². The number of benzene rings is 1. The van der Waals surface area contributed by atoms with E-state index in [1.165, 1.54) is 6.42 Å². The van der Waals surface area contributed by atoms with Gasteiger partial charge >= 0.3 is 0 Å². The molecule has 0 aromatic heterocycles. The Morgan fingerprint density at radius 1 is 1.30 bits per heavy atom. The molecular weight excluding hydrogens is 253 g/mol. The molecule has 1 saturated heterocycles. The average molecular weight is 279 g/mol. The Balaban J connectivity index is 2.28. The van der Waals surface area contributed by atoms with E-state index in [9.17, 15) is 4.39 Å². The first kappa shape index (κ1) is 15.4. The monoisotopic (exact) mass is 279 g/mol. The van der Waals surface area contributed by atoms with Crippen LogP contribution in [-0.4, -0.2) is 56.1 Å². The molecule has 0 radical (unpaired) electrons. The summed E-state index contributed by atoms with van der Waals surface area (Å²) in [6, 6.07) is 7.46. The summed E-state index contributed by atoms with van der Waals surface area (Å²) in [6.07, 6.45) is 1.17. The predicted octanol–water partition coefficient (Wildman–Crippen LogP) is 2.11. The molecule has 0 aliphatic carbocycles. The summed E-state index contributed by atoms with van der Waals surface area (Å²) in [5, 5.41) is 3.48. The summed E-state index contributed by atoms with van der Waals surface area (Å²) >= 11 is 0. The van der Waals surface area contributed by atoms with Crippen LogP contribution in [0.3, 0.4) is 0 Å². The lowest BCUT2D eigenvalue weighted by Gasteiger charge is -2.35. The molecule has 1 fully saturated rings. The van der Waals surface area contributed by atoms with E-state index >= 15 is 0 Å². The van der Waals surface area contributed by atoms with Crippen molar-refractivity contribution in [1.82, 2.24) is 15.1 Å². The van der Waals surface area contributed by atoms with Crippen LogP contribution in [0.25, 0.3) is 0 Å². The van der Waals surface area contributed by atoms with Crippen LogP contribution >= 0.6 is 0 Å². The molecule has 0 spiro atoms. The molecule has 0 bridgehead atoms. The van der Waals surface area contributed by atoms with Crippen molar-refractivity contribution in [3.63, 3.8) is 0 Å². The highest BCUT2D eigenvalue weighted by Gasteiger charge is 2.30. The molecule has 2 rings (SSSR count). The summed E-state index contributed by atoms with van der Waals surface area (Å²) in [7, 11) is 4.30. The van der Waals surface area contributed by atoms with E-state index in [2.05, 4.69) is 36.1 Å². The highest BCUT2D eigenvalue weighted by molar-refractivity contribution is 5.23. The van der Waals surface area contributed by atoms with Crippen molar-refractivity contribution in [1.29, 1.82) is 0 Å². The minimum atomic E-state index is -0.112. The van der Waals surface area contributed by atoms with Crippen molar-refractivity contribution in [2.24, 2.45) is 0 Å². The van der Waals surface area contributed by atoms with E-state index in [0.717, 1.165) is 31.7 Å². The fraction of sp³-hybridized carbons (Fsp3) is 0.625. The van der Waals surface area contributed by atoms with Crippen LogP contribution in [0.5, 0.6) is 0 Å².